The number of carbonyl (C=O) groups is 1. The van der Waals surface area contributed by atoms with Crippen molar-refractivity contribution in [3.05, 3.63) is 11.7 Å². The highest BCUT2D eigenvalue weighted by Crippen LogP contribution is 1.93. The third-order valence-corrected chi connectivity index (χ3v) is 1.58. The van der Waals surface area contributed by atoms with Gasteiger partial charge >= 0.3 is 0 Å². The Balaban J connectivity index is 2.25. The summed E-state index contributed by atoms with van der Waals surface area (Å²) in [6.07, 6.45) is 0. The molecule has 0 fully saturated rings. The molecule has 1 atom stereocenters. The Labute approximate surface area is 80.8 Å². The van der Waals surface area contributed by atoms with Gasteiger partial charge in [-0.05, 0) is 0 Å². The molecule has 1 amide bonds. The van der Waals surface area contributed by atoms with Gasteiger partial charge in [-0.1, -0.05) is 5.16 Å². The van der Waals surface area contributed by atoms with Crippen LogP contribution in [0.25, 0.3) is 0 Å². The Hall–Kier alpha value is -1.47. The molecule has 0 saturated heterocycles. The van der Waals surface area contributed by atoms with Crippen LogP contribution >= 0.6 is 0 Å². The average molecular weight is 199 g/mol. The van der Waals surface area contributed by atoms with Crippen molar-refractivity contribution in [1.29, 1.82) is 0 Å². The van der Waals surface area contributed by atoms with Gasteiger partial charge in [0.1, 0.15) is 0 Å². The minimum absolute atomic E-state index is 0.295. The molecule has 0 aliphatic carbocycles. The molecule has 1 rings (SSSR count). The van der Waals surface area contributed by atoms with Gasteiger partial charge in [0.15, 0.2) is 5.82 Å². The van der Waals surface area contributed by atoms with Crippen LogP contribution in [0.1, 0.15) is 11.7 Å². The monoisotopic (exact) mass is 199 g/mol. The summed E-state index contributed by atoms with van der Waals surface area (Å²) in [5.41, 5.74) is 10.4. The van der Waals surface area contributed by atoms with Gasteiger partial charge in [-0.2, -0.15) is 4.98 Å². The zero-order chi connectivity index (χ0) is 10.6. The van der Waals surface area contributed by atoms with Crippen LogP contribution in [-0.4, -0.2) is 28.6 Å². The lowest BCUT2D eigenvalue weighted by atomic mass is 10.3. The molecule has 0 bridgehead atoms. The van der Waals surface area contributed by atoms with Crippen molar-refractivity contribution in [3.63, 3.8) is 0 Å². The predicted molar refractivity (Wildman–Crippen MR) is 47.9 cm³/mol. The summed E-state index contributed by atoms with van der Waals surface area (Å²) in [6, 6.07) is -0.692. The normalized spacial score (nSPS) is 12.7. The lowest BCUT2D eigenvalue weighted by Crippen LogP contribution is -2.44. The number of aromatic nitrogens is 2. The van der Waals surface area contributed by atoms with E-state index in [-0.39, 0.29) is 0 Å². The van der Waals surface area contributed by atoms with Crippen LogP contribution in [0, 0.1) is 6.92 Å². The fourth-order valence-electron chi connectivity index (χ4n) is 0.853. The Morgan fingerprint density at radius 2 is 2.43 bits per heavy atom. The molecule has 1 heterocycles. The third-order valence-electron chi connectivity index (χ3n) is 1.58. The van der Waals surface area contributed by atoms with E-state index in [4.69, 9.17) is 16.0 Å². The van der Waals surface area contributed by atoms with Crippen molar-refractivity contribution >= 4 is 5.91 Å². The Kier molecular flexibility index (Phi) is 3.55. The van der Waals surface area contributed by atoms with Crippen LogP contribution in [0.5, 0.6) is 0 Å². The number of rotatable bonds is 5. The van der Waals surface area contributed by atoms with E-state index in [0.29, 0.717) is 24.8 Å². The first-order valence-corrected chi connectivity index (χ1v) is 4.14. The van der Waals surface area contributed by atoms with E-state index in [0.717, 1.165) is 0 Å². The summed E-state index contributed by atoms with van der Waals surface area (Å²) < 4.78 is 4.75. The van der Waals surface area contributed by atoms with Gasteiger partial charge in [0.25, 0.3) is 0 Å². The second kappa shape index (κ2) is 4.68. The molecule has 0 radical (unpaired) electrons. The minimum Gasteiger partial charge on any atom is -0.368 e. The number of nitrogens with two attached hydrogens (primary N) is 2. The Morgan fingerprint density at radius 3 is 2.93 bits per heavy atom. The quantitative estimate of drug-likeness (QED) is 0.518. The molecule has 0 aromatic carbocycles. The van der Waals surface area contributed by atoms with Gasteiger partial charge in [0, 0.05) is 13.5 Å². The molecular formula is C7H13N5O2. The summed E-state index contributed by atoms with van der Waals surface area (Å²) >= 11 is 0. The van der Waals surface area contributed by atoms with E-state index in [1.54, 1.807) is 6.92 Å². The molecule has 14 heavy (non-hydrogen) atoms. The number of hydrogen-bond acceptors (Lipinski definition) is 6. The summed E-state index contributed by atoms with van der Waals surface area (Å²) in [5.74, 6) is 0.488. The van der Waals surface area contributed by atoms with Gasteiger partial charge in [-0.3, -0.25) is 4.79 Å². The molecule has 7 nitrogen and oxygen atoms in total. The van der Waals surface area contributed by atoms with E-state index in [9.17, 15) is 4.79 Å². The van der Waals surface area contributed by atoms with Gasteiger partial charge in [0.2, 0.25) is 11.8 Å². The zero-order valence-corrected chi connectivity index (χ0v) is 7.86. The molecular weight excluding hydrogens is 186 g/mol. The number of carbonyl (C=O) groups excluding carboxylic acids is 1. The van der Waals surface area contributed by atoms with Crippen LogP contribution in [0.4, 0.5) is 0 Å². The highest BCUT2D eigenvalue weighted by Gasteiger charge is 2.08. The van der Waals surface area contributed by atoms with Crippen molar-refractivity contribution in [2.24, 2.45) is 11.5 Å². The summed E-state index contributed by atoms with van der Waals surface area (Å²) in [4.78, 5) is 14.5. The van der Waals surface area contributed by atoms with E-state index in [1.165, 1.54) is 0 Å². The lowest BCUT2D eigenvalue weighted by Gasteiger charge is -2.06. The minimum atomic E-state index is -0.692. The van der Waals surface area contributed by atoms with Crippen LogP contribution < -0.4 is 16.8 Å². The van der Waals surface area contributed by atoms with Crippen LogP contribution in [-0.2, 0) is 11.3 Å². The molecule has 7 heteroatoms. The van der Waals surface area contributed by atoms with Gasteiger partial charge < -0.3 is 21.3 Å². The summed E-state index contributed by atoms with van der Waals surface area (Å²) in [7, 11) is 0. The molecule has 0 aliphatic heterocycles. The predicted octanol–water partition coefficient (Wildman–Crippen LogP) is -1.72. The molecule has 0 spiro atoms. The van der Waals surface area contributed by atoms with Crippen LogP contribution in [0.2, 0.25) is 0 Å². The zero-order valence-electron chi connectivity index (χ0n) is 7.86. The van der Waals surface area contributed by atoms with Crippen molar-refractivity contribution in [1.82, 2.24) is 15.5 Å². The summed E-state index contributed by atoms with van der Waals surface area (Å²) in [5, 5.41) is 6.54. The van der Waals surface area contributed by atoms with E-state index in [2.05, 4.69) is 15.5 Å². The fourth-order valence-corrected chi connectivity index (χ4v) is 0.853. The van der Waals surface area contributed by atoms with Gasteiger partial charge in [-0.15, -0.1) is 0 Å². The van der Waals surface area contributed by atoms with Crippen LogP contribution in [0.3, 0.4) is 0 Å². The first-order valence-electron chi connectivity index (χ1n) is 4.14. The maximum absolute atomic E-state index is 10.6. The SMILES string of the molecule is Cc1nc(CNCC(N)C(N)=O)no1. The molecule has 1 aromatic heterocycles. The molecule has 78 valence electrons. The Bertz CT molecular complexity index is 311. The highest BCUT2D eigenvalue weighted by molar-refractivity contribution is 5.79. The van der Waals surface area contributed by atoms with Gasteiger partial charge in [0.05, 0.1) is 12.6 Å². The van der Waals surface area contributed by atoms with Crippen LogP contribution in [0.15, 0.2) is 4.52 Å². The number of nitrogens with zero attached hydrogens (tertiary/aromatic N) is 2. The molecule has 5 N–H and O–H groups in total. The second-order valence-corrected chi connectivity index (χ2v) is 2.87. The fraction of sp³-hybridized carbons (Fsp3) is 0.571. The van der Waals surface area contributed by atoms with Crippen molar-refractivity contribution in [2.75, 3.05) is 6.54 Å². The van der Waals surface area contributed by atoms with E-state index >= 15 is 0 Å². The molecule has 1 unspecified atom stereocenters. The first-order chi connectivity index (χ1) is 6.59. The first kappa shape index (κ1) is 10.6. The van der Waals surface area contributed by atoms with Crippen molar-refractivity contribution < 1.29 is 9.32 Å². The smallest absolute Gasteiger partial charge is 0.235 e. The highest BCUT2D eigenvalue weighted by atomic mass is 16.5. The number of primary amides is 1. The van der Waals surface area contributed by atoms with Gasteiger partial charge in [-0.25, -0.2) is 0 Å². The number of hydrogen-bond donors (Lipinski definition) is 3. The maximum atomic E-state index is 10.6. The number of amides is 1. The maximum Gasteiger partial charge on any atom is 0.235 e. The topological polar surface area (TPSA) is 120 Å². The van der Waals surface area contributed by atoms with Crippen molar-refractivity contribution in [3.8, 4) is 0 Å². The standard InChI is InChI=1S/C7H13N5O2/c1-4-11-6(12-14-4)3-10-2-5(8)7(9)13/h5,10H,2-3,8H2,1H3,(H2,9,13). The largest absolute Gasteiger partial charge is 0.368 e. The average Bonchev–Trinajstić information content (AvgIpc) is 2.51. The summed E-state index contributed by atoms with van der Waals surface area (Å²) in [6.45, 7) is 2.40. The number of nitrogens with one attached hydrogen (secondary N) is 1. The van der Waals surface area contributed by atoms with Crippen molar-refractivity contribution in [2.45, 2.75) is 19.5 Å². The second-order valence-electron chi connectivity index (χ2n) is 2.87. The molecule has 0 aliphatic rings. The Morgan fingerprint density at radius 1 is 1.71 bits per heavy atom. The lowest BCUT2D eigenvalue weighted by molar-refractivity contribution is -0.119. The van der Waals surface area contributed by atoms with E-state index < -0.39 is 11.9 Å². The number of aryl methyl sites for hydroxylation is 1. The molecule has 1 aromatic rings. The van der Waals surface area contributed by atoms with E-state index in [1.807, 2.05) is 0 Å². The molecule has 0 saturated carbocycles. The third kappa shape index (κ3) is 3.11.